The Morgan fingerprint density at radius 1 is 1.05 bits per heavy atom. The lowest BCUT2D eigenvalue weighted by Crippen LogP contribution is -2.30. The highest BCUT2D eigenvalue weighted by Crippen LogP contribution is 2.42. The molecule has 0 bridgehead atoms. The minimum absolute atomic E-state index is 0.00511. The molecule has 2 aromatic heterocycles. The lowest BCUT2D eigenvalue weighted by Gasteiger charge is -2.29. The van der Waals surface area contributed by atoms with Gasteiger partial charge in [0, 0.05) is 42.3 Å². The number of aryl methyl sites for hydroxylation is 2. The van der Waals surface area contributed by atoms with Gasteiger partial charge in [-0.15, -0.1) is 0 Å². The number of nitrogens with one attached hydrogen (secondary N) is 2. The van der Waals surface area contributed by atoms with Gasteiger partial charge in [0.05, 0.1) is 11.7 Å². The van der Waals surface area contributed by atoms with E-state index in [1.54, 1.807) is 6.20 Å². The van der Waals surface area contributed by atoms with Crippen molar-refractivity contribution in [2.75, 3.05) is 23.9 Å². The Morgan fingerprint density at radius 3 is 2.54 bits per heavy atom. The number of amides is 1. The van der Waals surface area contributed by atoms with Gasteiger partial charge in [-0.2, -0.15) is 0 Å². The monoisotopic (exact) mass is 511 g/mol. The minimum atomic E-state index is -0.194. The largest absolute Gasteiger partial charge is 0.375 e. The Balaban J connectivity index is 1.58. The molecule has 1 amide bonds. The van der Waals surface area contributed by atoms with Gasteiger partial charge in [-0.25, -0.2) is 0 Å². The van der Waals surface area contributed by atoms with Gasteiger partial charge in [-0.05, 0) is 86.2 Å². The van der Waals surface area contributed by atoms with Crippen molar-refractivity contribution >= 4 is 34.6 Å². The van der Waals surface area contributed by atoms with E-state index in [2.05, 4.69) is 74.6 Å². The molecule has 0 unspecified atom stereocenters. The van der Waals surface area contributed by atoms with E-state index < -0.39 is 0 Å². The van der Waals surface area contributed by atoms with Crippen molar-refractivity contribution in [3.05, 3.63) is 108 Å². The highest BCUT2D eigenvalue weighted by atomic mass is 32.1. The van der Waals surface area contributed by atoms with Crippen LogP contribution in [0.2, 0.25) is 0 Å². The highest BCUT2D eigenvalue weighted by Gasteiger charge is 2.42. The van der Waals surface area contributed by atoms with Crippen molar-refractivity contribution in [2.24, 2.45) is 0 Å². The van der Waals surface area contributed by atoms with Crippen molar-refractivity contribution in [1.82, 2.24) is 14.9 Å². The Bertz CT molecular complexity index is 1420. The lowest BCUT2D eigenvalue weighted by atomic mass is 10.00. The molecule has 1 aliphatic rings. The van der Waals surface area contributed by atoms with Crippen molar-refractivity contribution in [2.45, 2.75) is 25.9 Å². The number of nitrogens with zero attached hydrogens (tertiary/aromatic N) is 3. The van der Waals surface area contributed by atoms with E-state index in [4.69, 9.17) is 17.0 Å². The molecule has 0 spiro atoms. The van der Waals surface area contributed by atoms with Crippen molar-refractivity contribution in [3.63, 3.8) is 0 Å². The molecule has 37 heavy (non-hydrogen) atoms. The standard InChI is InChI=1S/C29H29N5O2S/c1-19-9-11-21(12-10-19)33-16-6-8-25(33)28-27(24-7-4-5-15-30-24)32-29(37)34(28)22-13-14-23(20(2)17-22)31-26(35)18-36-3/h4-17,27-28H,18H2,1-3H3,(H,31,35)(H,32,37)/t27-,28-/m1/s1. The number of hydrogen-bond donors (Lipinski definition) is 2. The van der Waals surface area contributed by atoms with Crippen LogP contribution in [0.5, 0.6) is 0 Å². The van der Waals surface area contributed by atoms with E-state index in [0.717, 1.165) is 34.0 Å². The fourth-order valence-corrected chi connectivity index (χ4v) is 5.11. The Hall–Kier alpha value is -4.01. The fourth-order valence-electron chi connectivity index (χ4n) is 4.76. The maximum absolute atomic E-state index is 12.1. The van der Waals surface area contributed by atoms with Crippen LogP contribution in [0.1, 0.15) is 34.6 Å². The number of aromatic nitrogens is 2. The summed E-state index contributed by atoms with van der Waals surface area (Å²) < 4.78 is 7.15. The summed E-state index contributed by atoms with van der Waals surface area (Å²) in [5.41, 5.74) is 6.89. The average molecular weight is 512 g/mol. The Kier molecular flexibility index (Phi) is 7.03. The highest BCUT2D eigenvalue weighted by molar-refractivity contribution is 7.80. The van der Waals surface area contributed by atoms with Gasteiger partial charge < -0.3 is 24.8 Å². The summed E-state index contributed by atoms with van der Waals surface area (Å²) in [4.78, 5) is 18.9. The molecule has 0 aliphatic carbocycles. The summed E-state index contributed by atoms with van der Waals surface area (Å²) in [5.74, 6) is -0.194. The maximum atomic E-state index is 12.1. The summed E-state index contributed by atoms with van der Waals surface area (Å²) in [7, 11) is 1.50. The van der Waals surface area contributed by atoms with Crippen molar-refractivity contribution in [1.29, 1.82) is 0 Å². The molecule has 1 fully saturated rings. The van der Waals surface area contributed by atoms with Gasteiger partial charge in [0.15, 0.2) is 5.11 Å². The number of carbonyl (C=O) groups excluding carboxylic acids is 1. The smallest absolute Gasteiger partial charge is 0.250 e. The van der Waals surface area contributed by atoms with Crippen LogP contribution in [0, 0.1) is 13.8 Å². The molecule has 7 nitrogen and oxygen atoms in total. The summed E-state index contributed by atoms with van der Waals surface area (Å²) in [5, 5.41) is 7.05. The number of ether oxygens (including phenoxy) is 1. The quantitative estimate of drug-likeness (QED) is 0.330. The molecule has 2 aromatic carbocycles. The van der Waals surface area contributed by atoms with E-state index in [1.807, 2.05) is 43.3 Å². The zero-order valence-corrected chi connectivity index (χ0v) is 21.8. The number of methoxy groups -OCH3 is 1. The molecular formula is C29H29N5O2S. The molecule has 2 N–H and O–H groups in total. The molecule has 1 saturated heterocycles. The van der Waals surface area contributed by atoms with Crippen LogP contribution in [-0.4, -0.2) is 34.3 Å². The second-order valence-corrected chi connectivity index (χ2v) is 9.50. The first-order valence-electron chi connectivity index (χ1n) is 12.1. The molecule has 4 aromatic rings. The van der Waals surface area contributed by atoms with Gasteiger partial charge in [-0.3, -0.25) is 9.78 Å². The number of rotatable bonds is 7. The average Bonchev–Trinajstić information content (AvgIpc) is 3.51. The van der Waals surface area contributed by atoms with Gasteiger partial charge in [-0.1, -0.05) is 23.8 Å². The summed E-state index contributed by atoms with van der Waals surface area (Å²) in [6.07, 6.45) is 3.88. The van der Waals surface area contributed by atoms with Gasteiger partial charge >= 0.3 is 0 Å². The second kappa shape index (κ2) is 10.5. The summed E-state index contributed by atoms with van der Waals surface area (Å²) in [6, 6.07) is 24.2. The number of thiocarbonyl (C=S) groups is 1. The predicted octanol–water partition coefficient (Wildman–Crippen LogP) is 5.25. The van der Waals surface area contributed by atoms with Crippen LogP contribution in [-0.2, 0) is 9.53 Å². The van der Waals surface area contributed by atoms with Gasteiger partial charge in [0.1, 0.15) is 12.6 Å². The van der Waals surface area contributed by atoms with Crippen LogP contribution in [0.25, 0.3) is 5.69 Å². The summed E-state index contributed by atoms with van der Waals surface area (Å²) >= 11 is 5.90. The van der Waals surface area contributed by atoms with Gasteiger partial charge in [0.25, 0.3) is 0 Å². The lowest BCUT2D eigenvalue weighted by molar-refractivity contribution is -0.119. The van der Waals surface area contributed by atoms with E-state index in [1.165, 1.54) is 12.7 Å². The number of hydrogen-bond acceptors (Lipinski definition) is 4. The molecule has 0 saturated carbocycles. The van der Waals surface area contributed by atoms with E-state index in [9.17, 15) is 4.79 Å². The molecule has 0 radical (unpaired) electrons. The molecule has 2 atom stereocenters. The van der Waals surface area contributed by atoms with E-state index >= 15 is 0 Å². The number of pyridine rings is 1. The number of benzene rings is 2. The zero-order chi connectivity index (χ0) is 25.9. The third-order valence-corrected chi connectivity index (χ3v) is 6.85. The van der Waals surface area contributed by atoms with Crippen molar-refractivity contribution < 1.29 is 9.53 Å². The topological polar surface area (TPSA) is 71.4 Å². The van der Waals surface area contributed by atoms with Gasteiger partial charge in [0.2, 0.25) is 5.91 Å². The third-order valence-electron chi connectivity index (χ3n) is 6.53. The maximum Gasteiger partial charge on any atom is 0.250 e. The van der Waals surface area contributed by atoms with Crippen LogP contribution in [0.15, 0.2) is 85.2 Å². The first kappa shape index (κ1) is 24.7. The fraction of sp³-hybridized carbons (Fsp3) is 0.207. The molecule has 5 rings (SSSR count). The first-order valence-corrected chi connectivity index (χ1v) is 12.5. The Morgan fingerprint density at radius 2 is 1.84 bits per heavy atom. The Labute approximate surface area is 222 Å². The van der Waals surface area contributed by atoms with Crippen LogP contribution < -0.4 is 15.5 Å². The number of anilines is 2. The molecular weight excluding hydrogens is 482 g/mol. The summed E-state index contributed by atoms with van der Waals surface area (Å²) in [6.45, 7) is 4.06. The van der Waals surface area contributed by atoms with Crippen molar-refractivity contribution in [3.8, 4) is 5.69 Å². The normalized spacial score (nSPS) is 17.1. The molecule has 188 valence electrons. The van der Waals surface area contributed by atoms with E-state index in [-0.39, 0.29) is 24.6 Å². The first-order chi connectivity index (χ1) is 18.0. The van der Waals surface area contributed by atoms with E-state index in [0.29, 0.717) is 5.11 Å². The van der Waals surface area contributed by atoms with Crippen LogP contribution in [0.4, 0.5) is 11.4 Å². The minimum Gasteiger partial charge on any atom is -0.375 e. The predicted molar refractivity (Wildman–Crippen MR) is 150 cm³/mol. The van der Waals surface area contributed by atoms with Crippen LogP contribution >= 0.6 is 12.2 Å². The second-order valence-electron chi connectivity index (χ2n) is 9.12. The SMILES string of the molecule is COCC(=O)Nc1ccc(N2C(=S)N[C@H](c3ccccn3)[C@H]2c2cccn2-c2ccc(C)cc2)cc1C. The molecule has 1 aliphatic heterocycles. The molecule has 3 heterocycles. The zero-order valence-electron chi connectivity index (χ0n) is 21.0. The number of carbonyl (C=O) groups is 1. The van der Waals surface area contributed by atoms with Crippen LogP contribution in [0.3, 0.4) is 0 Å². The third kappa shape index (κ3) is 4.98. The molecule has 8 heteroatoms.